The summed E-state index contributed by atoms with van der Waals surface area (Å²) in [5.74, 6) is 0.555. The Morgan fingerprint density at radius 1 is 1.62 bits per heavy atom. The molecule has 0 unspecified atom stereocenters. The number of aromatic amines is 1. The molecule has 0 radical (unpaired) electrons. The Bertz CT molecular complexity index is 419. The molecule has 2 aromatic rings. The number of thiazole rings is 1. The summed E-state index contributed by atoms with van der Waals surface area (Å²) in [5, 5.41) is 8.77. The number of hydrogen-bond donors (Lipinski definition) is 1. The van der Waals surface area contributed by atoms with Gasteiger partial charge >= 0.3 is 0 Å². The summed E-state index contributed by atoms with van der Waals surface area (Å²) in [7, 11) is 0. The van der Waals surface area contributed by atoms with Crippen LogP contribution in [0, 0.1) is 0 Å². The van der Waals surface area contributed by atoms with Gasteiger partial charge in [0.05, 0.1) is 0 Å². The lowest BCUT2D eigenvalue weighted by Crippen LogP contribution is -1.91. The molecule has 0 amide bonds. The Morgan fingerprint density at radius 2 is 2.46 bits per heavy atom. The monoisotopic (exact) mass is 194 g/mol. The fraction of sp³-hybridized carbons (Fsp3) is 0.143. The van der Waals surface area contributed by atoms with Crippen LogP contribution in [0.3, 0.4) is 0 Å². The number of nitrogens with zero attached hydrogens (tertiary/aromatic N) is 3. The largest absolute Gasteiger partial charge is 0.293 e. The van der Waals surface area contributed by atoms with Crippen molar-refractivity contribution in [2.24, 2.45) is 0 Å². The van der Waals surface area contributed by atoms with Crippen LogP contribution in [0.25, 0.3) is 10.8 Å². The van der Waals surface area contributed by atoms with Crippen molar-refractivity contribution in [3.8, 4) is 10.8 Å². The molecule has 0 aromatic carbocycles. The van der Waals surface area contributed by atoms with Gasteiger partial charge in [-0.15, -0.1) is 11.3 Å². The van der Waals surface area contributed by atoms with E-state index >= 15 is 0 Å². The standard InChI is InChI=1S/C7H6N4OS/c1-4(12)5-2-13-7(10-5)6-8-3-9-11-6/h2-3H,1H3,(H,8,9,11). The molecule has 0 saturated heterocycles. The van der Waals surface area contributed by atoms with Crippen LogP contribution in [0.2, 0.25) is 0 Å². The number of nitrogens with one attached hydrogen (secondary N) is 1. The number of aromatic nitrogens is 4. The molecule has 0 atom stereocenters. The Kier molecular flexibility index (Phi) is 1.90. The molecule has 0 bridgehead atoms. The van der Waals surface area contributed by atoms with Crippen LogP contribution in [-0.4, -0.2) is 25.9 Å². The molecule has 13 heavy (non-hydrogen) atoms. The molecule has 0 fully saturated rings. The predicted octanol–water partition coefficient (Wildman–Crippen LogP) is 1.13. The van der Waals surface area contributed by atoms with Crippen LogP contribution in [-0.2, 0) is 0 Å². The minimum atomic E-state index is -0.0398. The van der Waals surface area contributed by atoms with Gasteiger partial charge in [-0.2, -0.15) is 5.10 Å². The second kappa shape index (κ2) is 3.06. The third-order valence-corrected chi connectivity index (χ3v) is 2.33. The first-order valence-electron chi connectivity index (χ1n) is 3.59. The summed E-state index contributed by atoms with van der Waals surface area (Å²) in [4.78, 5) is 18.9. The smallest absolute Gasteiger partial charge is 0.184 e. The van der Waals surface area contributed by atoms with Gasteiger partial charge in [-0.25, -0.2) is 9.97 Å². The van der Waals surface area contributed by atoms with E-state index in [1.807, 2.05) is 0 Å². The molecule has 0 aliphatic rings. The van der Waals surface area contributed by atoms with E-state index in [2.05, 4.69) is 20.2 Å². The molecule has 2 rings (SSSR count). The lowest BCUT2D eigenvalue weighted by molar-refractivity contribution is 0.101. The van der Waals surface area contributed by atoms with Crippen LogP contribution in [0.1, 0.15) is 17.4 Å². The van der Waals surface area contributed by atoms with Crippen LogP contribution < -0.4 is 0 Å². The van der Waals surface area contributed by atoms with E-state index in [1.165, 1.54) is 24.6 Å². The molecule has 66 valence electrons. The quantitative estimate of drug-likeness (QED) is 0.727. The first kappa shape index (κ1) is 8.06. The van der Waals surface area contributed by atoms with Gasteiger partial charge < -0.3 is 0 Å². The first-order chi connectivity index (χ1) is 6.27. The molecular weight excluding hydrogens is 188 g/mol. The highest BCUT2D eigenvalue weighted by atomic mass is 32.1. The highest BCUT2D eigenvalue weighted by Crippen LogP contribution is 2.19. The fourth-order valence-electron chi connectivity index (χ4n) is 0.853. The maximum Gasteiger partial charge on any atom is 0.184 e. The van der Waals surface area contributed by atoms with E-state index in [0.717, 1.165) is 0 Å². The summed E-state index contributed by atoms with van der Waals surface area (Å²) < 4.78 is 0. The minimum Gasteiger partial charge on any atom is -0.293 e. The molecule has 0 spiro atoms. The molecule has 0 aliphatic carbocycles. The zero-order valence-corrected chi connectivity index (χ0v) is 7.63. The topological polar surface area (TPSA) is 71.5 Å². The van der Waals surface area contributed by atoms with Crippen molar-refractivity contribution >= 4 is 17.1 Å². The van der Waals surface area contributed by atoms with Gasteiger partial charge in [0, 0.05) is 12.3 Å². The number of rotatable bonds is 2. The normalized spacial score (nSPS) is 10.2. The molecule has 0 saturated carbocycles. The lowest BCUT2D eigenvalue weighted by atomic mass is 10.3. The van der Waals surface area contributed by atoms with Gasteiger partial charge in [0.2, 0.25) is 0 Å². The molecule has 5 nitrogen and oxygen atoms in total. The summed E-state index contributed by atoms with van der Waals surface area (Å²) in [5.41, 5.74) is 0.469. The van der Waals surface area contributed by atoms with E-state index < -0.39 is 0 Å². The Labute approximate surface area is 77.9 Å². The summed E-state index contributed by atoms with van der Waals surface area (Å²) >= 11 is 1.37. The Morgan fingerprint density at radius 3 is 3.00 bits per heavy atom. The van der Waals surface area contributed by atoms with E-state index in [-0.39, 0.29) is 5.78 Å². The SMILES string of the molecule is CC(=O)c1csc(-c2ncn[nH]2)n1. The molecular formula is C7H6N4OS. The maximum atomic E-state index is 10.9. The first-order valence-corrected chi connectivity index (χ1v) is 4.47. The second-order valence-electron chi connectivity index (χ2n) is 2.43. The van der Waals surface area contributed by atoms with Crippen molar-refractivity contribution in [1.29, 1.82) is 0 Å². The van der Waals surface area contributed by atoms with E-state index in [4.69, 9.17) is 0 Å². The van der Waals surface area contributed by atoms with Crippen molar-refractivity contribution in [2.45, 2.75) is 6.92 Å². The van der Waals surface area contributed by atoms with Crippen molar-refractivity contribution in [3.63, 3.8) is 0 Å². The molecule has 2 heterocycles. The summed E-state index contributed by atoms with van der Waals surface area (Å²) in [6.45, 7) is 1.49. The average molecular weight is 194 g/mol. The zero-order valence-electron chi connectivity index (χ0n) is 6.81. The number of carbonyl (C=O) groups is 1. The summed E-state index contributed by atoms with van der Waals surface area (Å²) in [6.07, 6.45) is 1.41. The Balaban J connectivity index is 2.39. The van der Waals surface area contributed by atoms with Crippen LogP contribution in [0.5, 0.6) is 0 Å². The number of ketones is 1. The molecule has 6 heteroatoms. The van der Waals surface area contributed by atoms with Crippen LogP contribution in [0.4, 0.5) is 0 Å². The highest BCUT2D eigenvalue weighted by molar-refractivity contribution is 7.13. The molecule has 2 aromatic heterocycles. The minimum absolute atomic E-state index is 0.0398. The predicted molar refractivity (Wildman–Crippen MR) is 47.5 cm³/mol. The average Bonchev–Trinajstić information content (AvgIpc) is 2.75. The lowest BCUT2D eigenvalue weighted by Gasteiger charge is -1.85. The van der Waals surface area contributed by atoms with Gasteiger partial charge in [-0.1, -0.05) is 0 Å². The number of carbonyl (C=O) groups excluding carboxylic acids is 1. The van der Waals surface area contributed by atoms with Crippen molar-refractivity contribution in [1.82, 2.24) is 20.2 Å². The fourth-order valence-corrected chi connectivity index (χ4v) is 1.66. The van der Waals surface area contributed by atoms with E-state index in [0.29, 0.717) is 16.5 Å². The van der Waals surface area contributed by atoms with Crippen molar-refractivity contribution in [2.75, 3.05) is 0 Å². The zero-order chi connectivity index (χ0) is 9.26. The third kappa shape index (κ3) is 1.48. The number of H-pyrrole nitrogens is 1. The molecule has 0 aliphatic heterocycles. The van der Waals surface area contributed by atoms with E-state index in [9.17, 15) is 4.79 Å². The second-order valence-corrected chi connectivity index (χ2v) is 3.29. The summed E-state index contributed by atoms with van der Waals surface area (Å²) in [6, 6.07) is 0. The number of hydrogen-bond acceptors (Lipinski definition) is 5. The van der Waals surface area contributed by atoms with Gasteiger partial charge in [-0.3, -0.25) is 9.89 Å². The van der Waals surface area contributed by atoms with Gasteiger partial charge in [0.15, 0.2) is 16.6 Å². The molecule has 1 N–H and O–H groups in total. The number of Topliss-reactive ketones (excluding diaryl/α,β-unsaturated/α-hetero) is 1. The van der Waals surface area contributed by atoms with E-state index in [1.54, 1.807) is 5.38 Å². The van der Waals surface area contributed by atoms with Crippen molar-refractivity contribution in [3.05, 3.63) is 17.4 Å². The third-order valence-electron chi connectivity index (χ3n) is 1.48. The van der Waals surface area contributed by atoms with Gasteiger partial charge in [-0.05, 0) is 0 Å². The van der Waals surface area contributed by atoms with Crippen molar-refractivity contribution < 1.29 is 4.79 Å². The van der Waals surface area contributed by atoms with Gasteiger partial charge in [0.25, 0.3) is 0 Å². The van der Waals surface area contributed by atoms with Gasteiger partial charge in [0.1, 0.15) is 12.0 Å². The van der Waals surface area contributed by atoms with Crippen LogP contribution in [0.15, 0.2) is 11.7 Å². The maximum absolute atomic E-state index is 10.9. The highest BCUT2D eigenvalue weighted by Gasteiger charge is 2.09. The van der Waals surface area contributed by atoms with Crippen LogP contribution >= 0.6 is 11.3 Å². The Hall–Kier alpha value is -1.56.